The number of carbonyl (C=O) groups excluding carboxylic acids is 2. The zero-order valence-electron chi connectivity index (χ0n) is 23.9. The van der Waals surface area contributed by atoms with Gasteiger partial charge in [0.25, 0.3) is 0 Å². The molecule has 0 spiro atoms. The first-order valence-electron chi connectivity index (χ1n) is 14.1. The SMILES string of the molecule is CC.CCC1(CC)NCC(c2cccc(Cl)c2F)C1C(=O)Nc1cccc(Cl)c1.O=CNCCN1CCOCC1. The molecule has 2 fully saturated rings. The summed E-state index contributed by atoms with van der Waals surface area (Å²) < 4.78 is 19.9. The number of hydrogen-bond acceptors (Lipinski definition) is 5. The van der Waals surface area contributed by atoms with Crippen LogP contribution in [-0.4, -0.2) is 68.7 Å². The van der Waals surface area contributed by atoms with Gasteiger partial charge in [0.15, 0.2) is 0 Å². The van der Waals surface area contributed by atoms with Crippen molar-refractivity contribution >= 4 is 41.2 Å². The molecule has 2 aliphatic rings. The number of hydrogen-bond donors (Lipinski definition) is 3. The average molecular weight is 598 g/mol. The number of ether oxygens (including phenoxy) is 1. The molecule has 2 atom stereocenters. The van der Waals surface area contributed by atoms with Crippen LogP contribution in [0.2, 0.25) is 10.0 Å². The van der Waals surface area contributed by atoms with Crippen LogP contribution in [0.1, 0.15) is 52.0 Å². The highest BCUT2D eigenvalue weighted by molar-refractivity contribution is 6.31. The molecule has 0 radical (unpaired) electrons. The van der Waals surface area contributed by atoms with Crippen LogP contribution in [0.25, 0.3) is 0 Å². The maximum absolute atomic E-state index is 14.7. The van der Waals surface area contributed by atoms with Gasteiger partial charge in [0.2, 0.25) is 12.3 Å². The molecule has 0 saturated carbocycles. The van der Waals surface area contributed by atoms with Gasteiger partial charge in [0, 0.05) is 54.9 Å². The van der Waals surface area contributed by atoms with Crippen LogP contribution >= 0.6 is 23.2 Å². The Morgan fingerprint density at radius 2 is 1.82 bits per heavy atom. The molecule has 10 heteroatoms. The molecule has 2 aromatic carbocycles. The van der Waals surface area contributed by atoms with Gasteiger partial charge in [-0.25, -0.2) is 4.39 Å². The Morgan fingerprint density at radius 1 is 1.15 bits per heavy atom. The second-order valence-corrected chi connectivity index (χ2v) is 10.3. The molecular formula is C30H43Cl2FN4O3. The Hall–Kier alpha value is -2.23. The van der Waals surface area contributed by atoms with Gasteiger partial charge in [-0.2, -0.15) is 0 Å². The molecule has 2 aliphatic heterocycles. The summed E-state index contributed by atoms with van der Waals surface area (Å²) in [6, 6.07) is 12.0. The monoisotopic (exact) mass is 596 g/mol. The van der Waals surface area contributed by atoms with E-state index in [-0.39, 0.29) is 16.8 Å². The fourth-order valence-corrected chi connectivity index (χ4v) is 5.66. The van der Waals surface area contributed by atoms with Gasteiger partial charge in [0.05, 0.1) is 24.2 Å². The van der Waals surface area contributed by atoms with E-state index in [0.717, 1.165) is 58.6 Å². The van der Waals surface area contributed by atoms with Gasteiger partial charge in [-0.05, 0) is 42.7 Å². The van der Waals surface area contributed by atoms with Crippen LogP contribution in [-0.2, 0) is 14.3 Å². The molecule has 2 heterocycles. The molecule has 0 aromatic heterocycles. The zero-order chi connectivity index (χ0) is 29.5. The first-order chi connectivity index (χ1) is 19.3. The fourth-order valence-electron chi connectivity index (χ4n) is 5.29. The minimum Gasteiger partial charge on any atom is -0.379 e. The second-order valence-electron chi connectivity index (χ2n) is 9.50. The van der Waals surface area contributed by atoms with E-state index in [9.17, 15) is 14.0 Å². The van der Waals surface area contributed by atoms with Gasteiger partial charge >= 0.3 is 0 Å². The molecule has 0 bridgehead atoms. The molecule has 2 saturated heterocycles. The standard InChI is InChI=1S/C21H23Cl2FN2O.C7H14N2O2.C2H6/c1-3-21(4-2)18(20(27)26-14-8-5-7-13(22)11-14)16(12-25-21)15-9-6-10-17(23)19(15)24;10-7-8-1-2-9-3-5-11-6-4-9;1-2/h5-11,16,18,25H,3-4,12H2,1-2H3,(H,26,27);7H,1-6H2,(H,8,10);1-2H3. The second kappa shape index (κ2) is 17.6. The molecule has 40 heavy (non-hydrogen) atoms. The number of carbonyl (C=O) groups is 2. The highest BCUT2D eigenvalue weighted by Crippen LogP contribution is 2.44. The third-order valence-electron chi connectivity index (χ3n) is 7.45. The van der Waals surface area contributed by atoms with Crippen molar-refractivity contribution in [2.24, 2.45) is 5.92 Å². The molecule has 2 aromatic rings. The third kappa shape index (κ3) is 9.14. The lowest BCUT2D eigenvalue weighted by Gasteiger charge is -2.35. The molecule has 2 amide bonds. The van der Waals surface area contributed by atoms with E-state index in [1.807, 2.05) is 27.7 Å². The quantitative estimate of drug-likeness (QED) is 0.254. The number of nitrogens with one attached hydrogen (secondary N) is 3. The molecule has 0 aliphatic carbocycles. The van der Waals surface area contributed by atoms with Gasteiger partial charge < -0.3 is 20.7 Å². The summed E-state index contributed by atoms with van der Waals surface area (Å²) in [5, 5.41) is 9.72. The van der Waals surface area contributed by atoms with E-state index >= 15 is 0 Å². The number of nitrogens with zero attached hydrogens (tertiary/aromatic N) is 1. The van der Waals surface area contributed by atoms with Crippen LogP contribution in [0.5, 0.6) is 0 Å². The lowest BCUT2D eigenvalue weighted by molar-refractivity contribution is -0.122. The van der Waals surface area contributed by atoms with E-state index in [2.05, 4.69) is 20.9 Å². The first kappa shape index (κ1) is 34.0. The van der Waals surface area contributed by atoms with Gasteiger partial charge in [-0.3, -0.25) is 14.5 Å². The number of halogens is 3. The molecule has 2 unspecified atom stereocenters. The van der Waals surface area contributed by atoms with Crippen molar-refractivity contribution in [1.82, 2.24) is 15.5 Å². The van der Waals surface area contributed by atoms with Crippen molar-refractivity contribution in [2.45, 2.75) is 52.0 Å². The predicted octanol–water partition coefficient (Wildman–Crippen LogP) is 5.72. The number of rotatable bonds is 9. The summed E-state index contributed by atoms with van der Waals surface area (Å²) >= 11 is 12.0. The lowest BCUT2D eigenvalue weighted by atomic mass is 9.73. The normalized spacial score (nSPS) is 19.9. The van der Waals surface area contributed by atoms with E-state index in [1.165, 1.54) is 6.07 Å². The minimum atomic E-state index is -0.450. The van der Waals surface area contributed by atoms with Crippen LogP contribution < -0.4 is 16.0 Å². The predicted molar refractivity (Wildman–Crippen MR) is 162 cm³/mol. The summed E-state index contributed by atoms with van der Waals surface area (Å²) in [4.78, 5) is 25.5. The van der Waals surface area contributed by atoms with Gasteiger partial charge in [0.1, 0.15) is 5.82 Å². The van der Waals surface area contributed by atoms with Crippen LogP contribution in [0.4, 0.5) is 10.1 Å². The summed E-state index contributed by atoms with van der Waals surface area (Å²) in [7, 11) is 0. The van der Waals surface area contributed by atoms with Crippen molar-refractivity contribution in [2.75, 3.05) is 51.3 Å². The van der Waals surface area contributed by atoms with Gasteiger partial charge in [-0.1, -0.05) is 69.1 Å². The van der Waals surface area contributed by atoms with Crippen molar-refractivity contribution < 1.29 is 18.7 Å². The number of benzene rings is 2. The highest BCUT2D eigenvalue weighted by atomic mass is 35.5. The molecule has 3 N–H and O–H groups in total. The van der Waals surface area contributed by atoms with Crippen LogP contribution in [0, 0.1) is 11.7 Å². The van der Waals surface area contributed by atoms with Crippen LogP contribution in [0.15, 0.2) is 42.5 Å². The van der Waals surface area contributed by atoms with Crippen molar-refractivity contribution in [1.29, 1.82) is 0 Å². The van der Waals surface area contributed by atoms with Crippen molar-refractivity contribution in [3.05, 3.63) is 63.9 Å². The Morgan fingerprint density at radius 3 is 2.45 bits per heavy atom. The Labute approximate surface area is 248 Å². The highest BCUT2D eigenvalue weighted by Gasteiger charge is 2.51. The first-order valence-corrected chi connectivity index (χ1v) is 14.8. The minimum absolute atomic E-state index is 0.0759. The van der Waals surface area contributed by atoms with E-state index < -0.39 is 17.3 Å². The summed E-state index contributed by atoms with van der Waals surface area (Å²) in [5.74, 6) is -1.33. The number of anilines is 1. The summed E-state index contributed by atoms with van der Waals surface area (Å²) in [6.07, 6.45) is 2.26. The molecular weight excluding hydrogens is 554 g/mol. The van der Waals surface area contributed by atoms with E-state index in [0.29, 0.717) is 22.8 Å². The largest absolute Gasteiger partial charge is 0.379 e. The number of morpholine rings is 1. The molecule has 4 rings (SSSR count). The maximum atomic E-state index is 14.7. The Bertz CT molecular complexity index is 1060. The van der Waals surface area contributed by atoms with Gasteiger partial charge in [-0.15, -0.1) is 0 Å². The third-order valence-corrected chi connectivity index (χ3v) is 7.98. The van der Waals surface area contributed by atoms with E-state index in [4.69, 9.17) is 27.9 Å². The molecule has 222 valence electrons. The average Bonchev–Trinajstić information content (AvgIpc) is 3.37. The maximum Gasteiger partial charge on any atom is 0.230 e. The van der Waals surface area contributed by atoms with Crippen LogP contribution in [0.3, 0.4) is 0 Å². The zero-order valence-corrected chi connectivity index (χ0v) is 25.5. The Kier molecular flexibility index (Phi) is 14.9. The van der Waals surface area contributed by atoms with Crippen molar-refractivity contribution in [3.8, 4) is 0 Å². The Balaban J connectivity index is 0.000000360. The van der Waals surface area contributed by atoms with E-state index in [1.54, 1.807) is 36.4 Å². The number of amides is 2. The summed E-state index contributed by atoms with van der Waals surface area (Å²) in [6.45, 7) is 13.9. The fraction of sp³-hybridized carbons (Fsp3) is 0.533. The summed E-state index contributed by atoms with van der Waals surface area (Å²) in [5.41, 5.74) is 0.707. The lowest BCUT2D eigenvalue weighted by Crippen LogP contribution is -2.48. The smallest absolute Gasteiger partial charge is 0.230 e. The topological polar surface area (TPSA) is 82.7 Å². The van der Waals surface area contributed by atoms with Crippen molar-refractivity contribution in [3.63, 3.8) is 0 Å². The molecule has 7 nitrogen and oxygen atoms in total.